The zero-order valence-corrected chi connectivity index (χ0v) is 11.5. The highest BCUT2D eigenvalue weighted by atomic mass is 32.2. The molecular formula is C11H14FNO3S2. The van der Waals surface area contributed by atoms with Crippen molar-refractivity contribution in [2.75, 3.05) is 18.1 Å². The molecule has 0 aliphatic heterocycles. The number of nitrogens with one attached hydrogen (secondary N) is 1. The summed E-state index contributed by atoms with van der Waals surface area (Å²) in [7, 11) is -3.14. The van der Waals surface area contributed by atoms with Crippen molar-refractivity contribution in [2.24, 2.45) is 0 Å². The standard InChI is InChI=1S/C11H14FNO3S2/c1-2-18(15,16)6-5-13-11(14)9-7-8(17)3-4-10(9)12/h3-4,7,17H,2,5-6H2,1H3,(H,13,14). The molecule has 1 aromatic carbocycles. The van der Waals surface area contributed by atoms with Crippen molar-refractivity contribution >= 4 is 28.4 Å². The molecule has 0 unspecified atom stereocenters. The van der Waals surface area contributed by atoms with E-state index in [-0.39, 0.29) is 23.6 Å². The summed E-state index contributed by atoms with van der Waals surface area (Å²) in [6, 6.07) is 3.86. The molecule has 18 heavy (non-hydrogen) atoms. The lowest BCUT2D eigenvalue weighted by Gasteiger charge is -2.06. The van der Waals surface area contributed by atoms with Crippen LogP contribution in [0.15, 0.2) is 23.1 Å². The molecule has 7 heteroatoms. The molecule has 100 valence electrons. The van der Waals surface area contributed by atoms with Gasteiger partial charge >= 0.3 is 0 Å². The number of hydrogen-bond acceptors (Lipinski definition) is 4. The van der Waals surface area contributed by atoms with E-state index >= 15 is 0 Å². The van der Waals surface area contributed by atoms with Crippen LogP contribution in [0.1, 0.15) is 17.3 Å². The summed E-state index contributed by atoms with van der Waals surface area (Å²) in [5.74, 6) is -1.45. The second-order valence-corrected chi connectivity index (χ2v) is 6.65. The normalized spacial score (nSPS) is 11.3. The zero-order chi connectivity index (χ0) is 13.8. The van der Waals surface area contributed by atoms with Crippen LogP contribution >= 0.6 is 12.6 Å². The first-order chi connectivity index (χ1) is 8.35. The maximum Gasteiger partial charge on any atom is 0.254 e. The predicted molar refractivity (Wildman–Crippen MR) is 70.3 cm³/mol. The lowest BCUT2D eigenvalue weighted by Crippen LogP contribution is -2.30. The second kappa shape index (κ2) is 6.19. The van der Waals surface area contributed by atoms with E-state index in [9.17, 15) is 17.6 Å². The molecule has 0 atom stereocenters. The van der Waals surface area contributed by atoms with Crippen LogP contribution in [0.3, 0.4) is 0 Å². The van der Waals surface area contributed by atoms with Gasteiger partial charge in [-0.3, -0.25) is 4.79 Å². The molecular weight excluding hydrogens is 277 g/mol. The first kappa shape index (κ1) is 15.0. The summed E-state index contributed by atoms with van der Waals surface area (Å²) in [6.07, 6.45) is 0. The van der Waals surface area contributed by atoms with E-state index in [1.807, 2.05) is 0 Å². The Bertz CT molecular complexity index is 543. The van der Waals surface area contributed by atoms with E-state index in [1.165, 1.54) is 19.1 Å². The van der Waals surface area contributed by atoms with Crippen molar-refractivity contribution in [3.63, 3.8) is 0 Å². The maximum atomic E-state index is 13.3. The minimum atomic E-state index is -3.14. The molecule has 0 aliphatic carbocycles. The molecule has 1 rings (SSSR count). The summed E-state index contributed by atoms with van der Waals surface area (Å²) in [6.45, 7) is 1.49. The van der Waals surface area contributed by atoms with Crippen LogP contribution < -0.4 is 5.32 Å². The first-order valence-corrected chi connectivity index (χ1v) is 7.59. The molecule has 0 aliphatic rings. The minimum absolute atomic E-state index is 0.0172. The van der Waals surface area contributed by atoms with Gasteiger partial charge in [0.05, 0.1) is 11.3 Å². The van der Waals surface area contributed by atoms with Gasteiger partial charge in [-0.2, -0.15) is 0 Å². The van der Waals surface area contributed by atoms with E-state index < -0.39 is 21.6 Å². The highest BCUT2D eigenvalue weighted by Gasteiger charge is 2.13. The van der Waals surface area contributed by atoms with Crippen LogP contribution in [0.5, 0.6) is 0 Å². The molecule has 1 N–H and O–H groups in total. The Labute approximate surface area is 111 Å². The first-order valence-electron chi connectivity index (χ1n) is 5.33. The van der Waals surface area contributed by atoms with Gasteiger partial charge in [-0.1, -0.05) is 6.92 Å². The van der Waals surface area contributed by atoms with Gasteiger partial charge in [0, 0.05) is 17.2 Å². The van der Waals surface area contributed by atoms with E-state index in [0.29, 0.717) is 4.90 Å². The fraction of sp³-hybridized carbons (Fsp3) is 0.364. The number of amides is 1. The Morgan fingerprint density at radius 2 is 2.11 bits per heavy atom. The Kier molecular flexibility index (Phi) is 5.15. The average molecular weight is 291 g/mol. The third-order valence-electron chi connectivity index (χ3n) is 2.33. The highest BCUT2D eigenvalue weighted by Crippen LogP contribution is 2.13. The summed E-state index contributed by atoms with van der Waals surface area (Å²) < 4.78 is 35.7. The van der Waals surface area contributed by atoms with Gasteiger partial charge in [-0.25, -0.2) is 12.8 Å². The van der Waals surface area contributed by atoms with Crippen molar-refractivity contribution in [1.29, 1.82) is 0 Å². The lowest BCUT2D eigenvalue weighted by molar-refractivity contribution is 0.0952. The van der Waals surface area contributed by atoms with E-state index in [1.54, 1.807) is 0 Å². The molecule has 0 aromatic heterocycles. The zero-order valence-electron chi connectivity index (χ0n) is 9.81. The van der Waals surface area contributed by atoms with Crippen LogP contribution in [0.2, 0.25) is 0 Å². The molecule has 0 saturated heterocycles. The summed E-state index contributed by atoms with van der Waals surface area (Å²) in [4.78, 5) is 12.1. The number of sulfone groups is 1. The third-order valence-corrected chi connectivity index (χ3v) is 4.32. The van der Waals surface area contributed by atoms with Crippen molar-refractivity contribution < 1.29 is 17.6 Å². The van der Waals surface area contributed by atoms with Gasteiger partial charge in [0.1, 0.15) is 5.82 Å². The van der Waals surface area contributed by atoms with Crippen molar-refractivity contribution in [3.05, 3.63) is 29.6 Å². The average Bonchev–Trinajstić information content (AvgIpc) is 2.32. The molecule has 0 heterocycles. The number of halogens is 1. The molecule has 0 spiro atoms. The lowest BCUT2D eigenvalue weighted by atomic mass is 10.2. The monoisotopic (exact) mass is 291 g/mol. The van der Waals surface area contributed by atoms with Gasteiger partial charge in [0.2, 0.25) is 0 Å². The Morgan fingerprint density at radius 3 is 2.72 bits per heavy atom. The topological polar surface area (TPSA) is 63.2 Å². The van der Waals surface area contributed by atoms with Crippen molar-refractivity contribution in [1.82, 2.24) is 5.32 Å². The number of benzene rings is 1. The summed E-state index contributed by atoms with van der Waals surface area (Å²) >= 11 is 4.01. The van der Waals surface area contributed by atoms with E-state index in [2.05, 4.69) is 17.9 Å². The Balaban J connectivity index is 2.64. The van der Waals surface area contributed by atoms with E-state index in [0.717, 1.165) is 6.07 Å². The smallest absolute Gasteiger partial charge is 0.254 e. The summed E-state index contributed by atoms with van der Waals surface area (Å²) in [5, 5.41) is 2.37. The van der Waals surface area contributed by atoms with Crippen molar-refractivity contribution in [2.45, 2.75) is 11.8 Å². The Morgan fingerprint density at radius 1 is 1.44 bits per heavy atom. The van der Waals surface area contributed by atoms with Crippen molar-refractivity contribution in [3.8, 4) is 0 Å². The number of carbonyl (C=O) groups excluding carboxylic acids is 1. The molecule has 4 nitrogen and oxygen atoms in total. The van der Waals surface area contributed by atoms with Gasteiger partial charge in [-0.05, 0) is 18.2 Å². The quantitative estimate of drug-likeness (QED) is 0.803. The van der Waals surface area contributed by atoms with Crippen LogP contribution in [0.4, 0.5) is 4.39 Å². The fourth-order valence-electron chi connectivity index (χ4n) is 1.25. The van der Waals surface area contributed by atoms with Gasteiger partial charge in [0.25, 0.3) is 5.91 Å². The largest absolute Gasteiger partial charge is 0.351 e. The van der Waals surface area contributed by atoms with Gasteiger partial charge < -0.3 is 5.32 Å². The SMILES string of the molecule is CCS(=O)(=O)CCNC(=O)c1cc(S)ccc1F. The molecule has 0 bridgehead atoms. The van der Waals surface area contributed by atoms with Gasteiger partial charge in [0.15, 0.2) is 9.84 Å². The van der Waals surface area contributed by atoms with Crippen LogP contribution in [-0.4, -0.2) is 32.4 Å². The number of thiol groups is 1. The van der Waals surface area contributed by atoms with Crippen LogP contribution in [0, 0.1) is 5.82 Å². The third kappa shape index (κ3) is 4.30. The summed E-state index contributed by atoms with van der Waals surface area (Å²) in [5.41, 5.74) is -0.142. The molecule has 0 saturated carbocycles. The number of carbonyl (C=O) groups is 1. The molecule has 1 amide bonds. The molecule has 0 fully saturated rings. The predicted octanol–water partition coefficient (Wildman–Crippen LogP) is 1.28. The second-order valence-electron chi connectivity index (χ2n) is 3.66. The maximum absolute atomic E-state index is 13.3. The van der Waals surface area contributed by atoms with E-state index in [4.69, 9.17) is 0 Å². The molecule has 1 aromatic rings. The fourth-order valence-corrected chi connectivity index (χ4v) is 2.15. The van der Waals surface area contributed by atoms with Crippen LogP contribution in [0.25, 0.3) is 0 Å². The number of hydrogen-bond donors (Lipinski definition) is 2. The molecule has 0 radical (unpaired) electrons. The minimum Gasteiger partial charge on any atom is -0.351 e. The number of rotatable bonds is 5. The van der Waals surface area contributed by atoms with Gasteiger partial charge in [-0.15, -0.1) is 12.6 Å². The van der Waals surface area contributed by atoms with Crippen LogP contribution in [-0.2, 0) is 9.84 Å². The Hall–Kier alpha value is -1.08. The highest BCUT2D eigenvalue weighted by molar-refractivity contribution is 7.91.